The van der Waals surface area contributed by atoms with Crippen LogP contribution in [0.2, 0.25) is 0 Å². The molecule has 5 heteroatoms. The van der Waals surface area contributed by atoms with Crippen LogP contribution in [0.1, 0.15) is 38.2 Å². The van der Waals surface area contributed by atoms with Crippen molar-refractivity contribution in [3.63, 3.8) is 0 Å². The standard InChI is InChI=1S/C17H26N2O2S/c1-4-10-22-17-13(2)7-8-15(18-17)19-9-5-6-14(12-19)11-16(20)21-3/h7-8,14H,4-6,9-12H2,1-3H3. The first kappa shape index (κ1) is 17.1. The van der Waals surface area contributed by atoms with Gasteiger partial charge in [0.1, 0.15) is 10.8 Å². The Morgan fingerprint density at radius 1 is 1.50 bits per heavy atom. The van der Waals surface area contributed by atoms with Crippen LogP contribution in [0.25, 0.3) is 0 Å². The lowest BCUT2D eigenvalue weighted by atomic mass is 9.95. The van der Waals surface area contributed by atoms with Crippen LogP contribution >= 0.6 is 11.8 Å². The molecule has 0 N–H and O–H groups in total. The van der Waals surface area contributed by atoms with E-state index in [4.69, 9.17) is 9.72 Å². The SMILES string of the molecule is CCCSc1nc(N2CCCC(CC(=O)OC)C2)ccc1C. The molecule has 0 bridgehead atoms. The largest absolute Gasteiger partial charge is 0.469 e. The first-order valence-electron chi connectivity index (χ1n) is 8.06. The van der Waals surface area contributed by atoms with Crippen molar-refractivity contribution >= 4 is 23.5 Å². The maximum atomic E-state index is 11.5. The number of aryl methyl sites for hydroxylation is 1. The Hall–Kier alpha value is -1.23. The molecule has 0 radical (unpaired) electrons. The Kier molecular flexibility index (Phi) is 6.55. The van der Waals surface area contributed by atoms with E-state index in [-0.39, 0.29) is 5.97 Å². The summed E-state index contributed by atoms with van der Waals surface area (Å²) in [6.45, 7) is 6.22. The van der Waals surface area contributed by atoms with Crippen molar-refractivity contribution < 1.29 is 9.53 Å². The van der Waals surface area contributed by atoms with E-state index in [9.17, 15) is 4.79 Å². The Morgan fingerprint density at radius 3 is 3.05 bits per heavy atom. The third-order valence-electron chi connectivity index (χ3n) is 4.00. The average molecular weight is 322 g/mol. The van der Waals surface area contributed by atoms with E-state index < -0.39 is 0 Å². The molecule has 1 aromatic heterocycles. The maximum absolute atomic E-state index is 11.5. The molecule has 2 heterocycles. The van der Waals surface area contributed by atoms with Crippen molar-refractivity contribution in [3.8, 4) is 0 Å². The summed E-state index contributed by atoms with van der Waals surface area (Å²) in [4.78, 5) is 18.6. The van der Waals surface area contributed by atoms with Crippen molar-refractivity contribution in [2.24, 2.45) is 5.92 Å². The summed E-state index contributed by atoms with van der Waals surface area (Å²) in [5.41, 5.74) is 1.24. The summed E-state index contributed by atoms with van der Waals surface area (Å²) in [7, 11) is 1.46. The van der Waals surface area contributed by atoms with E-state index >= 15 is 0 Å². The van der Waals surface area contributed by atoms with Gasteiger partial charge in [0.25, 0.3) is 0 Å². The Bertz CT molecular complexity index is 507. The van der Waals surface area contributed by atoms with Crippen LogP contribution in [0.5, 0.6) is 0 Å². The number of esters is 1. The fourth-order valence-corrected chi connectivity index (χ4v) is 3.63. The quantitative estimate of drug-likeness (QED) is 0.590. The van der Waals surface area contributed by atoms with Gasteiger partial charge in [-0.2, -0.15) is 0 Å². The smallest absolute Gasteiger partial charge is 0.305 e. The van der Waals surface area contributed by atoms with Crippen LogP contribution in [0.4, 0.5) is 5.82 Å². The first-order valence-corrected chi connectivity index (χ1v) is 9.04. The molecule has 4 nitrogen and oxygen atoms in total. The molecule has 0 spiro atoms. The Labute approximate surface area is 137 Å². The van der Waals surface area contributed by atoms with Gasteiger partial charge < -0.3 is 9.64 Å². The second-order valence-electron chi connectivity index (χ2n) is 5.87. The Balaban J connectivity index is 2.05. The van der Waals surface area contributed by atoms with Gasteiger partial charge in [0.15, 0.2) is 0 Å². The van der Waals surface area contributed by atoms with E-state index in [1.165, 1.54) is 12.7 Å². The topological polar surface area (TPSA) is 42.4 Å². The number of ether oxygens (including phenoxy) is 1. The lowest BCUT2D eigenvalue weighted by Crippen LogP contribution is -2.37. The number of hydrogen-bond acceptors (Lipinski definition) is 5. The highest BCUT2D eigenvalue weighted by Gasteiger charge is 2.23. The average Bonchev–Trinajstić information content (AvgIpc) is 2.54. The van der Waals surface area contributed by atoms with Crippen molar-refractivity contribution in [1.29, 1.82) is 0 Å². The van der Waals surface area contributed by atoms with Gasteiger partial charge in [0.05, 0.1) is 7.11 Å². The lowest BCUT2D eigenvalue weighted by molar-refractivity contribution is -0.141. The lowest BCUT2D eigenvalue weighted by Gasteiger charge is -2.33. The molecule has 1 unspecified atom stereocenters. The number of hydrogen-bond donors (Lipinski definition) is 0. The monoisotopic (exact) mass is 322 g/mol. The highest BCUT2D eigenvalue weighted by molar-refractivity contribution is 7.99. The van der Waals surface area contributed by atoms with E-state index in [1.54, 1.807) is 0 Å². The van der Waals surface area contributed by atoms with Crippen LogP contribution in [-0.2, 0) is 9.53 Å². The fourth-order valence-electron chi connectivity index (χ4n) is 2.78. The molecule has 1 saturated heterocycles. The third kappa shape index (κ3) is 4.63. The molecule has 1 aliphatic heterocycles. The van der Waals surface area contributed by atoms with Gasteiger partial charge in [-0.05, 0) is 49.5 Å². The van der Waals surface area contributed by atoms with Crippen molar-refractivity contribution in [2.45, 2.75) is 44.6 Å². The number of nitrogens with zero attached hydrogens (tertiary/aromatic N) is 2. The van der Waals surface area contributed by atoms with Crippen LogP contribution < -0.4 is 4.90 Å². The van der Waals surface area contributed by atoms with Gasteiger partial charge in [-0.25, -0.2) is 4.98 Å². The Morgan fingerprint density at radius 2 is 2.32 bits per heavy atom. The zero-order valence-electron chi connectivity index (χ0n) is 13.8. The number of pyridine rings is 1. The van der Waals surface area contributed by atoms with E-state index in [2.05, 4.69) is 30.9 Å². The second-order valence-corrected chi connectivity index (χ2v) is 6.96. The summed E-state index contributed by atoms with van der Waals surface area (Å²) >= 11 is 1.83. The second kappa shape index (κ2) is 8.42. The molecule has 22 heavy (non-hydrogen) atoms. The normalized spacial score (nSPS) is 18.3. The summed E-state index contributed by atoms with van der Waals surface area (Å²) in [6.07, 6.45) is 3.86. The number of carbonyl (C=O) groups is 1. The molecular formula is C17H26N2O2S. The van der Waals surface area contributed by atoms with Crippen LogP contribution in [-0.4, -0.2) is 36.9 Å². The zero-order valence-corrected chi connectivity index (χ0v) is 14.6. The zero-order chi connectivity index (χ0) is 15.9. The molecule has 1 fully saturated rings. The van der Waals surface area contributed by atoms with Crippen molar-refractivity contribution in [3.05, 3.63) is 17.7 Å². The number of piperidine rings is 1. The summed E-state index contributed by atoms with van der Waals surface area (Å²) in [6, 6.07) is 4.26. The molecular weight excluding hydrogens is 296 g/mol. The van der Waals surface area contributed by atoms with Gasteiger partial charge in [-0.1, -0.05) is 13.0 Å². The summed E-state index contributed by atoms with van der Waals surface area (Å²) < 4.78 is 4.80. The summed E-state index contributed by atoms with van der Waals surface area (Å²) in [5.74, 6) is 2.40. The molecule has 122 valence electrons. The molecule has 1 atom stereocenters. The van der Waals surface area contributed by atoms with Gasteiger partial charge in [0, 0.05) is 19.5 Å². The number of rotatable bonds is 6. The van der Waals surface area contributed by atoms with Crippen LogP contribution in [0.3, 0.4) is 0 Å². The molecule has 0 aliphatic carbocycles. The van der Waals surface area contributed by atoms with Crippen LogP contribution in [0.15, 0.2) is 17.2 Å². The molecule has 1 aromatic rings. The highest BCUT2D eigenvalue weighted by atomic mass is 32.2. The highest BCUT2D eigenvalue weighted by Crippen LogP contribution is 2.28. The van der Waals surface area contributed by atoms with Gasteiger partial charge >= 0.3 is 5.97 Å². The van der Waals surface area contributed by atoms with Gasteiger partial charge in [-0.15, -0.1) is 11.8 Å². The molecule has 0 aromatic carbocycles. The van der Waals surface area contributed by atoms with Crippen LogP contribution in [0, 0.1) is 12.8 Å². The summed E-state index contributed by atoms with van der Waals surface area (Å²) in [5, 5.41) is 1.13. The third-order valence-corrected chi connectivity index (χ3v) is 5.30. The van der Waals surface area contributed by atoms with E-state index in [1.807, 2.05) is 11.8 Å². The minimum absolute atomic E-state index is 0.108. The molecule has 2 rings (SSSR count). The fraction of sp³-hybridized carbons (Fsp3) is 0.647. The minimum atomic E-state index is -0.108. The maximum Gasteiger partial charge on any atom is 0.305 e. The first-order chi connectivity index (χ1) is 10.6. The minimum Gasteiger partial charge on any atom is -0.469 e. The van der Waals surface area contributed by atoms with E-state index in [0.717, 1.165) is 48.9 Å². The predicted octanol–water partition coefficient (Wildman–Crippen LogP) is 3.67. The number of thioether (sulfide) groups is 1. The predicted molar refractivity (Wildman–Crippen MR) is 91.6 cm³/mol. The van der Waals surface area contributed by atoms with Crippen molar-refractivity contribution in [2.75, 3.05) is 30.9 Å². The van der Waals surface area contributed by atoms with Gasteiger partial charge in [-0.3, -0.25) is 4.79 Å². The number of aromatic nitrogens is 1. The number of anilines is 1. The van der Waals surface area contributed by atoms with E-state index in [0.29, 0.717) is 12.3 Å². The number of methoxy groups -OCH3 is 1. The molecule has 0 saturated carbocycles. The number of carbonyl (C=O) groups excluding carboxylic acids is 1. The molecule has 1 aliphatic rings. The van der Waals surface area contributed by atoms with Crippen molar-refractivity contribution in [1.82, 2.24) is 4.98 Å². The molecule has 0 amide bonds. The van der Waals surface area contributed by atoms with Gasteiger partial charge in [0.2, 0.25) is 0 Å².